The fraction of sp³-hybridized carbons (Fsp3) is 0.500. The molecule has 0 aliphatic heterocycles. The maximum Gasteiger partial charge on any atom is 0.222 e. The van der Waals surface area contributed by atoms with Gasteiger partial charge in [-0.15, -0.1) is 0 Å². The highest BCUT2D eigenvalue weighted by Crippen LogP contribution is 2.22. The Morgan fingerprint density at radius 2 is 1.94 bits per heavy atom. The van der Waals surface area contributed by atoms with E-state index in [4.69, 9.17) is 4.74 Å². The molecule has 0 aliphatic rings. The molecule has 17 heavy (non-hydrogen) atoms. The summed E-state index contributed by atoms with van der Waals surface area (Å²) in [6.07, 6.45) is 1.50. The van der Waals surface area contributed by atoms with Crippen molar-refractivity contribution < 1.29 is 9.53 Å². The smallest absolute Gasteiger partial charge is 0.222 e. The highest BCUT2D eigenvalue weighted by molar-refractivity contribution is 5.76. The Bertz CT molecular complexity index is 359. The molecule has 94 valence electrons. The van der Waals surface area contributed by atoms with Crippen molar-refractivity contribution in [1.29, 1.82) is 0 Å². The van der Waals surface area contributed by atoms with Crippen molar-refractivity contribution >= 4 is 5.91 Å². The Morgan fingerprint density at radius 3 is 2.41 bits per heavy atom. The number of methoxy groups -OCH3 is 1. The lowest BCUT2D eigenvalue weighted by Gasteiger charge is -2.25. The standard InChI is InChI=1S/C14H21NO2/c1-5-6-14(16)15(3)11(2)12-7-9-13(17-4)10-8-12/h7-11H,5-6H2,1-4H3. The second kappa shape index (κ2) is 6.28. The number of nitrogens with zero attached hydrogens (tertiary/aromatic N) is 1. The van der Waals surface area contributed by atoms with E-state index in [-0.39, 0.29) is 11.9 Å². The molecule has 1 amide bonds. The molecular formula is C14H21NO2. The van der Waals surface area contributed by atoms with Crippen LogP contribution in [0.1, 0.15) is 38.3 Å². The summed E-state index contributed by atoms with van der Waals surface area (Å²) >= 11 is 0. The second-order valence-corrected chi connectivity index (χ2v) is 4.20. The predicted octanol–water partition coefficient (Wildman–Crippen LogP) is 3.01. The van der Waals surface area contributed by atoms with Gasteiger partial charge in [0, 0.05) is 13.5 Å². The molecule has 1 atom stereocenters. The van der Waals surface area contributed by atoms with Gasteiger partial charge in [0.2, 0.25) is 5.91 Å². The Hall–Kier alpha value is -1.51. The van der Waals surface area contributed by atoms with Crippen LogP contribution in [0.2, 0.25) is 0 Å². The van der Waals surface area contributed by atoms with Gasteiger partial charge in [-0.05, 0) is 31.0 Å². The lowest BCUT2D eigenvalue weighted by atomic mass is 10.1. The van der Waals surface area contributed by atoms with Crippen LogP contribution in [0.15, 0.2) is 24.3 Å². The van der Waals surface area contributed by atoms with Gasteiger partial charge in [-0.1, -0.05) is 19.1 Å². The summed E-state index contributed by atoms with van der Waals surface area (Å²) in [5.41, 5.74) is 1.12. The molecule has 0 spiro atoms. The first-order valence-corrected chi connectivity index (χ1v) is 5.99. The fourth-order valence-corrected chi connectivity index (χ4v) is 1.71. The summed E-state index contributed by atoms with van der Waals surface area (Å²) in [7, 11) is 3.50. The molecule has 3 nitrogen and oxygen atoms in total. The van der Waals surface area contributed by atoms with Crippen LogP contribution in [0.5, 0.6) is 5.75 Å². The SMILES string of the molecule is CCCC(=O)N(C)C(C)c1ccc(OC)cc1. The first-order valence-electron chi connectivity index (χ1n) is 5.99. The normalized spacial score (nSPS) is 12.0. The summed E-state index contributed by atoms with van der Waals surface area (Å²) < 4.78 is 5.11. The van der Waals surface area contributed by atoms with E-state index in [0.717, 1.165) is 17.7 Å². The topological polar surface area (TPSA) is 29.5 Å². The number of hydrogen-bond donors (Lipinski definition) is 0. The number of carbonyl (C=O) groups excluding carboxylic acids is 1. The van der Waals surface area contributed by atoms with Gasteiger partial charge in [-0.2, -0.15) is 0 Å². The molecule has 1 aromatic rings. The molecular weight excluding hydrogens is 214 g/mol. The number of hydrogen-bond acceptors (Lipinski definition) is 2. The zero-order valence-corrected chi connectivity index (χ0v) is 11.1. The molecule has 0 bridgehead atoms. The van der Waals surface area contributed by atoms with Gasteiger partial charge in [0.25, 0.3) is 0 Å². The first kappa shape index (κ1) is 13.6. The van der Waals surface area contributed by atoms with Gasteiger partial charge >= 0.3 is 0 Å². The number of benzene rings is 1. The zero-order valence-electron chi connectivity index (χ0n) is 11.1. The largest absolute Gasteiger partial charge is 0.497 e. The van der Waals surface area contributed by atoms with Crippen LogP contribution in [0.4, 0.5) is 0 Å². The maximum atomic E-state index is 11.8. The Balaban J connectivity index is 2.73. The molecule has 3 heteroatoms. The minimum absolute atomic E-state index is 0.0972. The van der Waals surface area contributed by atoms with E-state index in [1.54, 1.807) is 12.0 Å². The highest BCUT2D eigenvalue weighted by Gasteiger charge is 2.16. The lowest BCUT2D eigenvalue weighted by molar-refractivity contribution is -0.131. The second-order valence-electron chi connectivity index (χ2n) is 4.20. The van der Waals surface area contributed by atoms with Crippen molar-refractivity contribution in [1.82, 2.24) is 4.90 Å². The van der Waals surface area contributed by atoms with E-state index in [0.29, 0.717) is 6.42 Å². The quantitative estimate of drug-likeness (QED) is 0.785. The Morgan fingerprint density at radius 1 is 1.35 bits per heavy atom. The average molecular weight is 235 g/mol. The van der Waals surface area contributed by atoms with Crippen LogP contribution in [0, 0.1) is 0 Å². The number of rotatable bonds is 5. The van der Waals surface area contributed by atoms with Gasteiger partial charge in [0.15, 0.2) is 0 Å². The van der Waals surface area contributed by atoms with Crippen molar-refractivity contribution in [2.75, 3.05) is 14.2 Å². The van der Waals surface area contributed by atoms with Crippen molar-refractivity contribution in [3.8, 4) is 5.75 Å². The van der Waals surface area contributed by atoms with Crippen LogP contribution in [-0.4, -0.2) is 25.0 Å². The van der Waals surface area contributed by atoms with E-state index in [9.17, 15) is 4.79 Å². The lowest BCUT2D eigenvalue weighted by Crippen LogP contribution is -2.29. The van der Waals surface area contributed by atoms with Crippen LogP contribution >= 0.6 is 0 Å². The molecule has 0 N–H and O–H groups in total. The third-order valence-electron chi connectivity index (χ3n) is 3.04. The average Bonchev–Trinajstić information content (AvgIpc) is 2.37. The summed E-state index contributed by atoms with van der Waals surface area (Å²) in [6.45, 7) is 4.05. The van der Waals surface area contributed by atoms with Gasteiger partial charge in [0.05, 0.1) is 13.2 Å². The summed E-state index contributed by atoms with van der Waals surface area (Å²) in [6, 6.07) is 7.94. The van der Waals surface area contributed by atoms with Crippen LogP contribution in [-0.2, 0) is 4.79 Å². The molecule has 0 saturated heterocycles. The molecule has 0 radical (unpaired) electrons. The number of amides is 1. The molecule has 0 aromatic heterocycles. The number of ether oxygens (including phenoxy) is 1. The monoisotopic (exact) mass is 235 g/mol. The molecule has 0 saturated carbocycles. The van der Waals surface area contributed by atoms with Crippen LogP contribution in [0.25, 0.3) is 0 Å². The van der Waals surface area contributed by atoms with E-state index >= 15 is 0 Å². The molecule has 1 unspecified atom stereocenters. The van der Waals surface area contributed by atoms with Crippen molar-refractivity contribution in [3.63, 3.8) is 0 Å². The molecule has 0 fully saturated rings. The third-order valence-corrected chi connectivity index (χ3v) is 3.04. The van der Waals surface area contributed by atoms with Crippen molar-refractivity contribution in [2.24, 2.45) is 0 Å². The summed E-state index contributed by atoms with van der Waals surface area (Å²) in [5, 5.41) is 0. The molecule has 0 aliphatic carbocycles. The van der Waals surface area contributed by atoms with Crippen molar-refractivity contribution in [2.45, 2.75) is 32.7 Å². The minimum Gasteiger partial charge on any atom is -0.497 e. The maximum absolute atomic E-state index is 11.8. The Labute approximate surface area is 103 Å². The minimum atomic E-state index is 0.0972. The zero-order chi connectivity index (χ0) is 12.8. The van der Waals surface area contributed by atoms with Crippen LogP contribution < -0.4 is 4.74 Å². The van der Waals surface area contributed by atoms with E-state index in [1.165, 1.54) is 0 Å². The van der Waals surface area contributed by atoms with Gasteiger partial charge in [-0.3, -0.25) is 4.79 Å². The summed E-state index contributed by atoms with van der Waals surface area (Å²) in [4.78, 5) is 13.6. The molecule has 1 aromatic carbocycles. The highest BCUT2D eigenvalue weighted by atomic mass is 16.5. The van der Waals surface area contributed by atoms with E-state index in [1.807, 2.05) is 45.2 Å². The fourth-order valence-electron chi connectivity index (χ4n) is 1.71. The molecule has 1 rings (SSSR count). The van der Waals surface area contributed by atoms with E-state index in [2.05, 4.69) is 0 Å². The van der Waals surface area contributed by atoms with E-state index < -0.39 is 0 Å². The predicted molar refractivity (Wildman–Crippen MR) is 69.1 cm³/mol. The third kappa shape index (κ3) is 3.48. The van der Waals surface area contributed by atoms with Crippen molar-refractivity contribution in [3.05, 3.63) is 29.8 Å². The first-order chi connectivity index (χ1) is 8.10. The van der Waals surface area contributed by atoms with Gasteiger partial charge < -0.3 is 9.64 Å². The van der Waals surface area contributed by atoms with Crippen LogP contribution in [0.3, 0.4) is 0 Å². The number of carbonyl (C=O) groups is 1. The van der Waals surface area contributed by atoms with Gasteiger partial charge in [-0.25, -0.2) is 0 Å². The Kier molecular flexibility index (Phi) is 5.01. The van der Waals surface area contributed by atoms with Gasteiger partial charge in [0.1, 0.15) is 5.75 Å². The molecule has 0 heterocycles. The summed E-state index contributed by atoms with van der Waals surface area (Å²) in [5.74, 6) is 1.03.